The minimum absolute atomic E-state index is 0.0545. The molecule has 5 nitrogen and oxygen atoms in total. The fourth-order valence-corrected chi connectivity index (χ4v) is 3.94. The summed E-state index contributed by atoms with van der Waals surface area (Å²) in [6.45, 7) is 0. The highest BCUT2D eigenvalue weighted by Crippen LogP contribution is 2.30. The van der Waals surface area contributed by atoms with Crippen molar-refractivity contribution in [2.45, 2.75) is 25.3 Å². The minimum atomic E-state index is -0.0545. The summed E-state index contributed by atoms with van der Waals surface area (Å²) in [6.07, 6.45) is 6.65. The van der Waals surface area contributed by atoms with E-state index in [1.807, 2.05) is 36.4 Å². The van der Waals surface area contributed by atoms with Crippen molar-refractivity contribution in [2.75, 3.05) is 0 Å². The van der Waals surface area contributed by atoms with Gasteiger partial charge in [0.25, 0.3) is 5.91 Å². The Morgan fingerprint density at radius 3 is 2.93 bits per heavy atom. The van der Waals surface area contributed by atoms with Crippen LogP contribution in [-0.2, 0) is 6.42 Å². The highest BCUT2D eigenvalue weighted by atomic mass is 16.1. The number of benzene rings is 2. The molecule has 1 aliphatic rings. The normalized spacial score (nSPS) is 15.9. The molecular formula is C23H20N4O. The molecule has 1 atom stereocenters. The second-order valence-electron chi connectivity index (χ2n) is 7.18. The monoisotopic (exact) mass is 368 g/mol. The molecule has 0 saturated heterocycles. The number of amides is 1. The third-order valence-electron chi connectivity index (χ3n) is 5.35. The van der Waals surface area contributed by atoms with E-state index in [4.69, 9.17) is 0 Å². The molecule has 28 heavy (non-hydrogen) atoms. The lowest BCUT2D eigenvalue weighted by Crippen LogP contribution is -2.30. The number of aryl methyl sites for hydroxylation is 1. The fourth-order valence-electron chi connectivity index (χ4n) is 3.94. The van der Waals surface area contributed by atoms with Gasteiger partial charge in [-0.3, -0.25) is 9.78 Å². The summed E-state index contributed by atoms with van der Waals surface area (Å²) in [7, 11) is 0. The molecule has 0 bridgehead atoms. The lowest BCUT2D eigenvalue weighted by molar-refractivity contribution is 0.0933. The van der Waals surface area contributed by atoms with E-state index in [1.54, 1.807) is 12.4 Å². The molecule has 1 amide bonds. The lowest BCUT2D eigenvalue weighted by atomic mass is 9.87. The van der Waals surface area contributed by atoms with Crippen LogP contribution in [0.5, 0.6) is 0 Å². The number of nitrogens with one attached hydrogen (secondary N) is 2. The third kappa shape index (κ3) is 3.05. The van der Waals surface area contributed by atoms with Crippen LogP contribution >= 0.6 is 0 Å². The lowest BCUT2D eigenvalue weighted by Gasteiger charge is -2.26. The Labute approximate surface area is 162 Å². The summed E-state index contributed by atoms with van der Waals surface area (Å²) in [4.78, 5) is 24.9. The molecule has 0 saturated carbocycles. The Morgan fingerprint density at radius 2 is 2.04 bits per heavy atom. The van der Waals surface area contributed by atoms with Crippen LogP contribution in [-0.4, -0.2) is 20.9 Å². The number of rotatable bonds is 3. The number of hydrogen-bond acceptors (Lipinski definition) is 3. The molecule has 0 fully saturated rings. The summed E-state index contributed by atoms with van der Waals surface area (Å²) in [5, 5.41) is 3.21. The van der Waals surface area contributed by atoms with E-state index >= 15 is 0 Å². The van der Waals surface area contributed by atoms with Crippen molar-refractivity contribution in [3.8, 4) is 11.4 Å². The Morgan fingerprint density at radius 1 is 1.11 bits per heavy atom. The highest BCUT2D eigenvalue weighted by molar-refractivity contribution is 5.98. The fraction of sp³-hybridized carbons (Fsp3) is 0.174. The van der Waals surface area contributed by atoms with Gasteiger partial charge < -0.3 is 10.3 Å². The molecule has 0 radical (unpaired) electrons. The highest BCUT2D eigenvalue weighted by Gasteiger charge is 2.22. The molecule has 5 heteroatoms. The maximum atomic E-state index is 12.9. The van der Waals surface area contributed by atoms with Gasteiger partial charge in [0.1, 0.15) is 5.82 Å². The van der Waals surface area contributed by atoms with Gasteiger partial charge >= 0.3 is 0 Å². The van der Waals surface area contributed by atoms with Crippen LogP contribution in [0.25, 0.3) is 22.4 Å². The summed E-state index contributed by atoms with van der Waals surface area (Å²) < 4.78 is 0. The van der Waals surface area contributed by atoms with Crippen LogP contribution in [0.4, 0.5) is 0 Å². The van der Waals surface area contributed by atoms with Gasteiger partial charge in [-0.1, -0.05) is 24.3 Å². The average Bonchev–Trinajstić information content (AvgIpc) is 3.18. The number of hydrogen-bond donors (Lipinski definition) is 2. The minimum Gasteiger partial charge on any atom is -0.345 e. The molecule has 0 aliphatic heterocycles. The first-order valence-electron chi connectivity index (χ1n) is 9.57. The second kappa shape index (κ2) is 6.93. The van der Waals surface area contributed by atoms with Gasteiger partial charge in [-0.2, -0.15) is 0 Å². The van der Waals surface area contributed by atoms with E-state index in [9.17, 15) is 4.79 Å². The largest absolute Gasteiger partial charge is 0.345 e. The van der Waals surface area contributed by atoms with E-state index in [0.717, 1.165) is 41.7 Å². The van der Waals surface area contributed by atoms with Crippen molar-refractivity contribution >= 4 is 16.9 Å². The number of imidazole rings is 1. The number of carbonyl (C=O) groups excluding carboxylic acids is 1. The van der Waals surface area contributed by atoms with Crippen molar-refractivity contribution in [1.29, 1.82) is 0 Å². The van der Waals surface area contributed by atoms with Crippen molar-refractivity contribution < 1.29 is 4.79 Å². The van der Waals surface area contributed by atoms with E-state index in [0.29, 0.717) is 5.56 Å². The molecule has 1 aliphatic carbocycles. The number of pyridine rings is 1. The first-order chi connectivity index (χ1) is 13.8. The molecule has 5 rings (SSSR count). The molecule has 2 aromatic heterocycles. The van der Waals surface area contributed by atoms with Gasteiger partial charge in [0.2, 0.25) is 0 Å². The number of aromatic nitrogens is 3. The Balaban J connectivity index is 1.41. The standard InChI is InChI=1S/C23H20N4O/c28-23(27-19-9-3-6-15-5-1-2-8-18(15)19)16-10-11-20-21(13-16)26-22(25-20)17-7-4-12-24-14-17/h1-2,4-5,7-8,10-14,19H,3,6,9H2,(H,25,26)(H,27,28)/t19-/m0/s1. The van der Waals surface area contributed by atoms with Gasteiger partial charge in [-0.25, -0.2) is 4.98 Å². The van der Waals surface area contributed by atoms with Crippen molar-refractivity contribution in [1.82, 2.24) is 20.3 Å². The summed E-state index contributed by atoms with van der Waals surface area (Å²) in [5.41, 5.74) is 5.81. The molecule has 2 aromatic carbocycles. The Kier molecular flexibility index (Phi) is 4.13. The molecule has 0 spiro atoms. The first-order valence-corrected chi connectivity index (χ1v) is 9.57. The number of fused-ring (bicyclic) bond motifs is 2. The molecule has 4 aromatic rings. The van der Waals surface area contributed by atoms with Crippen LogP contribution < -0.4 is 5.32 Å². The molecule has 138 valence electrons. The molecular weight excluding hydrogens is 348 g/mol. The van der Waals surface area contributed by atoms with E-state index in [1.165, 1.54) is 11.1 Å². The summed E-state index contributed by atoms with van der Waals surface area (Å²) in [5.74, 6) is 0.697. The third-order valence-corrected chi connectivity index (χ3v) is 5.35. The molecule has 2 heterocycles. The van der Waals surface area contributed by atoms with Crippen LogP contribution in [0, 0.1) is 0 Å². The summed E-state index contributed by atoms with van der Waals surface area (Å²) >= 11 is 0. The van der Waals surface area contributed by atoms with Crippen LogP contribution in [0.1, 0.15) is 40.4 Å². The zero-order valence-electron chi connectivity index (χ0n) is 15.4. The van der Waals surface area contributed by atoms with Crippen molar-refractivity contribution in [2.24, 2.45) is 0 Å². The number of H-pyrrole nitrogens is 1. The smallest absolute Gasteiger partial charge is 0.251 e. The number of aromatic amines is 1. The van der Waals surface area contributed by atoms with Gasteiger partial charge in [0.05, 0.1) is 17.1 Å². The molecule has 2 N–H and O–H groups in total. The van der Waals surface area contributed by atoms with E-state index in [2.05, 4.69) is 38.5 Å². The SMILES string of the molecule is O=C(N[C@H]1CCCc2ccccc21)c1ccc2nc(-c3cccnc3)[nH]c2c1. The Hall–Kier alpha value is -3.47. The average molecular weight is 368 g/mol. The second-order valence-corrected chi connectivity index (χ2v) is 7.18. The quantitative estimate of drug-likeness (QED) is 0.562. The Bertz CT molecular complexity index is 1150. The maximum absolute atomic E-state index is 12.9. The maximum Gasteiger partial charge on any atom is 0.251 e. The molecule has 0 unspecified atom stereocenters. The predicted molar refractivity (Wildman–Crippen MR) is 109 cm³/mol. The van der Waals surface area contributed by atoms with Crippen LogP contribution in [0.15, 0.2) is 67.0 Å². The van der Waals surface area contributed by atoms with E-state index < -0.39 is 0 Å². The van der Waals surface area contributed by atoms with Crippen LogP contribution in [0.3, 0.4) is 0 Å². The number of carbonyl (C=O) groups is 1. The predicted octanol–water partition coefficient (Wildman–Crippen LogP) is 4.43. The van der Waals surface area contributed by atoms with Gasteiger partial charge in [-0.05, 0) is 60.7 Å². The topological polar surface area (TPSA) is 70.7 Å². The zero-order valence-corrected chi connectivity index (χ0v) is 15.4. The van der Waals surface area contributed by atoms with Crippen molar-refractivity contribution in [3.05, 3.63) is 83.7 Å². The first kappa shape index (κ1) is 16.7. The van der Waals surface area contributed by atoms with Crippen LogP contribution in [0.2, 0.25) is 0 Å². The van der Waals surface area contributed by atoms with Gasteiger partial charge in [-0.15, -0.1) is 0 Å². The van der Waals surface area contributed by atoms with Crippen molar-refractivity contribution in [3.63, 3.8) is 0 Å². The number of nitrogens with zero attached hydrogens (tertiary/aromatic N) is 2. The van der Waals surface area contributed by atoms with E-state index in [-0.39, 0.29) is 11.9 Å². The zero-order chi connectivity index (χ0) is 18.9. The van der Waals surface area contributed by atoms with Gasteiger partial charge in [0.15, 0.2) is 0 Å². The summed E-state index contributed by atoms with van der Waals surface area (Å²) in [6, 6.07) is 17.9. The van der Waals surface area contributed by atoms with Gasteiger partial charge in [0, 0.05) is 23.5 Å².